The first-order chi connectivity index (χ1) is 17.1. The third-order valence-corrected chi connectivity index (χ3v) is 7.12. The second-order valence-electron chi connectivity index (χ2n) is 9.17. The van der Waals surface area contributed by atoms with Gasteiger partial charge in [0.1, 0.15) is 5.82 Å². The molecule has 0 radical (unpaired) electrons. The summed E-state index contributed by atoms with van der Waals surface area (Å²) >= 11 is 0. The molecular formula is C26H27N7O2. The van der Waals surface area contributed by atoms with Crippen molar-refractivity contribution in [2.24, 2.45) is 0 Å². The Kier molecular flexibility index (Phi) is 5.33. The van der Waals surface area contributed by atoms with Crippen molar-refractivity contribution in [1.29, 1.82) is 0 Å². The predicted molar refractivity (Wildman–Crippen MR) is 134 cm³/mol. The number of carbonyl (C=O) groups is 1. The van der Waals surface area contributed by atoms with Crippen molar-refractivity contribution in [2.75, 3.05) is 16.8 Å². The average molecular weight is 470 g/mol. The normalized spacial score (nSPS) is 19.3. The standard InChI is InChI=1S/C26H27N7O2/c1-16-2-3-17(8-11-34)33(16)18-4-7-23(28-12-18)31-21-6-5-19(20-13-30-26(35)25(20)21)22-14-29-24-15-27-9-10-32(22)24/h4-7,9-10,12,14-17,34H,2-3,8,11,13H2,1H3,(H,28,31)(H,30,35)/t16-,17-/m1/s1. The zero-order valence-corrected chi connectivity index (χ0v) is 19.5. The number of aromatic nitrogens is 4. The molecule has 2 aliphatic rings. The smallest absolute Gasteiger partial charge is 0.254 e. The van der Waals surface area contributed by atoms with Gasteiger partial charge in [-0.15, -0.1) is 0 Å². The number of rotatable bonds is 6. The van der Waals surface area contributed by atoms with Crippen molar-refractivity contribution in [1.82, 2.24) is 24.7 Å². The lowest BCUT2D eigenvalue weighted by molar-refractivity contribution is 0.0966. The molecule has 1 aromatic carbocycles. The highest BCUT2D eigenvalue weighted by molar-refractivity contribution is 6.06. The fourth-order valence-electron chi connectivity index (χ4n) is 5.45. The van der Waals surface area contributed by atoms with Crippen molar-refractivity contribution in [3.63, 3.8) is 0 Å². The number of aliphatic hydroxyl groups excluding tert-OH is 1. The number of amides is 1. The van der Waals surface area contributed by atoms with E-state index in [0.29, 0.717) is 30.0 Å². The van der Waals surface area contributed by atoms with Gasteiger partial charge in [-0.1, -0.05) is 6.07 Å². The molecule has 3 aromatic heterocycles. The van der Waals surface area contributed by atoms with Crippen LogP contribution in [0, 0.1) is 0 Å². The predicted octanol–water partition coefficient (Wildman–Crippen LogP) is 3.52. The molecule has 0 bridgehead atoms. The molecule has 0 saturated carbocycles. The number of fused-ring (bicyclic) bond motifs is 2. The first-order valence-electron chi connectivity index (χ1n) is 12.0. The van der Waals surface area contributed by atoms with E-state index in [1.807, 2.05) is 41.2 Å². The second kappa shape index (κ2) is 8.66. The van der Waals surface area contributed by atoms with E-state index >= 15 is 0 Å². The number of carbonyl (C=O) groups excluding carboxylic acids is 1. The highest BCUT2D eigenvalue weighted by Gasteiger charge is 2.31. The molecule has 0 aliphatic carbocycles. The third-order valence-electron chi connectivity index (χ3n) is 7.12. The van der Waals surface area contributed by atoms with Crippen LogP contribution in [-0.4, -0.2) is 49.1 Å². The summed E-state index contributed by atoms with van der Waals surface area (Å²) in [6.45, 7) is 2.87. The molecule has 1 saturated heterocycles. The molecule has 2 aliphatic heterocycles. The minimum atomic E-state index is -0.103. The van der Waals surface area contributed by atoms with Crippen LogP contribution < -0.4 is 15.5 Å². The van der Waals surface area contributed by atoms with Gasteiger partial charge in [0, 0.05) is 43.2 Å². The monoisotopic (exact) mass is 469 g/mol. The van der Waals surface area contributed by atoms with Gasteiger partial charge in [0.05, 0.1) is 41.2 Å². The van der Waals surface area contributed by atoms with Gasteiger partial charge in [0.2, 0.25) is 0 Å². The number of nitrogens with one attached hydrogen (secondary N) is 2. The minimum absolute atomic E-state index is 0.103. The molecule has 9 heteroatoms. The van der Waals surface area contributed by atoms with Crippen LogP contribution in [0.2, 0.25) is 0 Å². The summed E-state index contributed by atoms with van der Waals surface area (Å²) in [4.78, 5) is 28.4. The highest BCUT2D eigenvalue weighted by atomic mass is 16.3. The Bertz CT molecular complexity index is 1400. The molecule has 9 nitrogen and oxygen atoms in total. The highest BCUT2D eigenvalue weighted by Crippen LogP contribution is 2.36. The topological polar surface area (TPSA) is 108 Å². The zero-order valence-electron chi connectivity index (χ0n) is 19.5. The number of nitrogens with zero attached hydrogens (tertiary/aromatic N) is 5. The summed E-state index contributed by atoms with van der Waals surface area (Å²) in [7, 11) is 0. The first-order valence-corrected chi connectivity index (χ1v) is 12.0. The maximum absolute atomic E-state index is 12.8. The molecule has 0 spiro atoms. The summed E-state index contributed by atoms with van der Waals surface area (Å²) in [6.07, 6.45) is 12.0. The molecule has 35 heavy (non-hydrogen) atoms. The quantitative estimate of drug-likeness (QED) is 0.397. The van der Waals surface area contributed by atoms with Crippen molar-refractivity contribution in [3.05, 3.63) is 66.4 Å². The third kappa shape index (κ3) is 3.68. The maximum Gasteiger partial charge on any atom is 0.254 e. The lowest BCUT2D eigenvalue weighted by Crippen LogP contribution is -2.35. The van der Waals surface area contributed by atoms with E-state index in [-0.39, 0.29) is 12.5 Å². The SMILES string of the molecule is C[C@@H]1CC[C@H](CCO)N1c1ccc(Nc2ccc(-c3cnc4cnccn34)c3c2C(=O)NC3)nc1. The molecular weight excluding hydrogens is 442 g/mol. The molecule has 178 valence electrons. The number of aliphatic hydroxyl groups is 1. The van der Waals surface area contributed by atoms with Crippen LogP contribution in [0.15, 0.2) is 55.2 Å². The number of imidazole rings is 1. The van der Waals surface area contributed by atoms with Gasteiger partial charge in [0.15, 0.2) is 5.65 Å². The number of hydrogen-bond donors (Lipinski definition) is 3. The van der Waals surface area contributed by atoms with Crippen LogP contribution in [-0.2, 0) is 6.54 Å². The summed E-state index contributed by atoms with van der Waals surface area (Å²) in [6, 6.07) is 8.71. The van der Waals surface area contributed by atoms with E-state index in [1.54, 1.807) is 12.4 Å². The van der Waals surface area contributed by atoms with E-state index in [4.69, 9.17) is 0 Å². The van der Waals surface area contributed by atoms with Crippen LogP contribution >= 0.6 is 0 Å². The first kappa shape index (κ1) is 21.5. The van der Waals surface area contributed by atoms with E-state index in [1.165, 1.54) is 0 Å². The maximum atomic E-state index is 12.8. The van der Waals surface area contributed by atoms with Gasteiger partial charge in [-0.25, -0.2) is 9.97 Å². The molecule has 2 atom stereocenters. The zero-order chi connectivity index (χ0) is 23.9. The summed E-state index contributed by atoms with van der Waals surface area (Å²) in [5.41, 5.74) is 5.99. The summed E-state index contributed by atoms with van der Waals surface area (Å²) in [5.74, 6) is 0.573. The lowest BCUT2D eigenvalue weighted by Gasteiger charge is -2.30. The molecule has 6 rings (SSSR count). The van der Waals surface area contributed by atoms with Crippen molar-refractivity contribution < 1.29 is 9.90 Å². The van der Waals surface area contributed by atoms with Gasteiger partial charge in [-0.05, 0) is 49.9 Å². The molecule has 1 amide bonds. The van der Waals surface area contributed by atoms with E-state index in [0.717, 1.165) is 53.1 Å². The van der Waals surface area contributed by atoms with Crippen LogP contribution in [0.25, 0.3) is 16.9 Å². The largest absolute Gasteiger partial charge is 0.396 e. The van der Waals surface area contributed by atoms with Crippen molar-refractivity contribution in [2.45, 2.75) is 44.8 Å². The number of benzene rings is 1. The number of hydrogen-bond acceptors (Lipinski definition) is 7. The fourth-order valence-corrected chi connectivity index (χ4v) is 5.45. The van der Waals surface area contributed by atoms with Gasteiger partial charge >= 0.3 is 0 Å². The van der Waals surface area contributed by atoms with Crippen molar-refractivity contribution in [3.8, 4) is 11.3 Å². The van der Waals surface area contributed by atoms with Crippen LogP contribution in [0.5, 0.6) is 0 Å². The van der Waals surface area contributed by atoms with E-state index < -0.39 is 0 Å². The Morgan fingerprint density at radius 2 is 2.06 bits per heavy atom. The van der Waals surface area contributed by atoms with Gasteiger partial charge in [-0.3, -0.25) is 14.2 Å². The van der Waals surface area contributed by atoms with E-state index in [2.05, 4.69) is 43.5 Å². The average Bonchev–Trinajstić information content (AvgIpc) is 3.58. The van der Waals surface area contributed by atoms with E-state index in [9.17, 15) is 9.90 Å². The Hall–Kier alpha value is -3.98. The molecule has 4 aromatic rings. The van der Waals surface area contributed by atoms with Crippen molar-refractivity contribution >= 4 is 28.7 Å². The number of anilines is 3. The van der Waals surface area contributed by atoms with Gasteiger partial charge in [0.25, 0.3) is 5.91 Å². The summed E-state index contributed by atoms with van der Waals surface area (Å²) < 4.78 is 1.97. The molecule has 1 fully saturated rings. The molecule has 5 heterocycles. The second-order valence-corrected chi connectivity index (χ2v) is 9.17. The Morgan fingerprint density at radius 3 is 2.89 bits per heavy atom. The Balaban J connectivity index is 1.31. The minimum Gasteiger partial charge on any atom is -0.396 e. The Labute approximate surface area is 202 Å². The lowest BCUT2D eigenvalue weighted by atomic mass is 9.99. The van der Waals surface area contributed by atoms with Crippen LogP contribution in [0.3, 0.4) is 0 Å². The Morgan fingerprint density at radius 1 is 1.14 bits per heavy atom. The van der Waals surface area contributed by atoms with Crippen LogP contribution in [0.4, 0.5) is 17.2 Å². The summed E-state index contributed by atoms with van der Waals surface area (Å²) in [5, 5.41) is 15.7. The number of pyridine rings is 1. The van der Waals surface area contributed by atoms with Gasteiger partial charge in [-0.2, -0.15) is 0 Å². The van der Waals surface area contributed by atoms with Crippen LogP contribution in [0.1, 0.15) is 42.1 Å². The molecule has 0 unspecified atom stereocenters. The molecule has 3 N–H and O–H groups in total. The van der Waals surface area contributed by atoms with Gasteiger partial charge < -0.3 is 20.6 Å². The fraction of sp³-hybridized carbons (Fsp3) is 0.308.